The number of benzene rings is 3. The molecule has 1 saturated carbocycles. The Morgan fingerprint density at radius 2 is 1.54 bits per heavy atom. The van der Waals surface area contributed by atoms with Crippen LogP contribution in [0.5, 0.6) is 11.5 Å². The number of anilines is 1. The van der Waals surface area contributed by atoms with Gasteiger partial charge in [-0.05, 0) is 66.9 Å². The molecule has 0 unspecified atom stereocenters. The lowest BCUT2D eigenvalue weighted by Gasteiger charge is -2.22. The highest BCUT2D eigenvalue weighted by Crippen LogP contribution is 2.33. The van der Waals surface area contributed by atoms with Crippen molar-refractivity contribution < 1.29 is 31.1 Å². The van der Waals surface area contributed by atoms with Crippen molar-refractivity contribution in [1.82, 2.24) is 9.03 Å². The van der Waals surface area contributed by atoms with E-state index in [0.29, 0.717) is 22.7 Å². The van der Waals surface area contributed by atoms with Gasteiger partial charge in [-0.15, -0.1) is 0 Å². The number of hydrogen-bond donors (Lipinski definition) is 2. The molecule has 1 aliphatic heterocycles. The standard InChI is InChI=1S/C25H25N3O7S2/c29-25(26-19-4-2-1-3-5-19)16-28(15-18-6-13-23-24(14-18)35-17-34-23)37(32,33)22-11-9-21(10-12-22)36(30,31)27-20-7-8-20/h1-6,9-14,20,27H,7-8,15-17H2,(H,26,29). The molecule has 37 heavy (non-hydrogen) atoms. The number of sulfonamides is 2. The molecule has 2 N–H and O–H groups in total. The quantitative estimate of drug-likeness (QED) is 0.402. The van der Waals surface area contributed by atoms with Gasteiger partial charge in [0.1, 0.15) is 0 Å². The number of nitrogens with zero attached hydrogens (tertiary/aromatic N) is 1. The Hall–Kier alpha value is -3.45. The fourth-order valence-electron chi connectivity index (χ4n) is 3.78. The van der Waals surface area contributed by atoms with E-state index in [0.717, 1.165) is 17.1 Å². The Balaban J connectivity index is 1.40. The molecule has 0 spiro atoms. The molecule has 0 radical (unpaired) electrons. The number of rotatable bonds is 10. The summed E-state index contributed by atoms with van der Waals surface area (Å²) in [6.45, 7) is -0.509. The maximum Gasteiger partial charge on any atom is 0.243 e. The number of carbonyl (C=O) groups is 1. The van der Waals surface area contributed by atoms with E-state index in [4.69, 9.17) is 9.47 Å². The van der Waals surface area contributed by atoms with E-state index in [1.807, 2.05) is 0 Å². The van der Waals surface area contributed by atoms with Gasteiger partial charge < -0.3 is 14.8 Å². The predicted octanol–water partition coefficient (Wildman–Crippen LogP) is 2.69. The minimum Gasteiger partial charge on any atom is -0.454 e. The van der Waals surface area contributed by atoms with E-state index >= 15 is 0 Å². The van der Waals surface area contributed by atoms with Crippen LogP contribution < -0.4 is 19.5 Å². The molecule has 2 aliphatic rings. The number of amides is 1. The van der Waals surface area contributed by atoms with Crippen molar-refractivity contribution in [3.8, 4) is 11.5 Å². The average Bonchev–Trinajstić information content (AvgIpc) is 3.55. The summed E-state index contributed by atoms with van der Waals surface area (Å²) in [7, 11) is -7.92. The van der Waals surface area contributed by atoms with Crippen LogP contribution in [0.15, 0.2) is 82.6 Å². The number of fused-ring (bicyclic) bond motifs is 1. The van der Waals surface area contributed by atoms with Gasteiger partial charge in [0, 0.05) is 18.3 Å². The molecule has 0 bridgehead atoms. The summed E-state index contributed by atoms with van der Waals surface area (Å²) in [5, 5.41) is 2.70. The summed E-state index contributed by atoms with van der Waals surface area (Å²) in [5.74, 6) is 0.515. The van der Waals surface area contributed by atoms with Crippen molar-refractivity contribution in [2.24, 2.45) is 0 Å². The highest BCUT2D eigenvalue weighted by atomic mass is 32.2. The van der Waals surface area contributed by atoms with Crippen molar-refractivity contribution in [1.29, 1.82) is 0 Å². The monoisotopic (exact) mass is 543 g/mol. The molecule has 194 valence electrons. The maximum atomic E-state index is 13.6. The number of carbonyl (C=O) groups excluding carboxylic acids is 1. The van der Waals surface area contributed by atoms with Gasteiger partial charge >= 0.3 is 0 Å². The van der Waals surface area contributed by atoms with E-state index in [9.17, 15) is 21.6 Å². The molecule has 0 aromatic heterocycles. The zero-order chi connectivity index (χ0) is 26.0. The largest absolute Gasteiger partial charge is 0.454 e. The third kappa shape index (κ3) is 5.93. The maximum absolute atomic E-state index is 13.6. The predicted molar refractivity (Wildman–Crippen MR) is 135 cm³/mol. The molecule has 1 amide bonds. The van der Waals surface area contributed by atoms with Crippen LogP contribution in [0.3, 0.4) is 0 Å². The second-order valence-corrected chi connectivity index (χ2v) is 12.4. The fraction of sp³-hybridized carbons (Fsp3) is 0.240. The Bertz CT molecular complexity index is 1510. The first-order valence-electron chi connectivity index (χ1n) is 11.6. The summed E-state index contributed by atoms with van der Waals surface area (Å²) in [4.78, 5) is 12.7. The highest BCUT2D eigenvalue weighted by molar-refractivity contribution is 7.89. The first-order chi connectivity index (χ1) is 17.7. The van der Waals surface area contributed by atoms with Crippen molar-refractivity contribution in [2.45, 2.75) is 35.2 Å². The van der Waals surface area contributed by atoms with Gasteiger partial charge in [-0.3, -0.25) is 4.79 Å². The molecule has 0 atom stereocenters. The Morgan fingerprint density at radius 1 is 0.865 bits per heavy atom. The van der Waals surface area contributed by atoms with Gasteiger partial charge in [-0.2, -0.15) is 4.31 Å². The van der Waals surface area contributed by atoms with Gasteiger partial charge in [0.25, 0.3) is 0 Å². The summed E-state index contributed by atoms with van der Waals surface area (Å²) in [6.07, 6.45) is 1.57. The molecule has 12 heteroatoms. The highest BCUT2D eigenvalue weighted by Gasteiger charge is 2.30. The van der Waals surface area contributed by atoms with Gasteiger partial charge in [0.2, 0.25) is 32.7 Å². The SMILES string of the molecule is O=C(CN(Cc1ccc2c(c1)OCO2)S(=O)(=O)c1ccc(S(=O)(=O)NC2CC2)cc1)Nc1ccccc1. The van der Waals surface area contributed by atoms with Crippen LogP contribution in [0, 0.1) is 0 Å². The smallest absolute Gasteiger partial charge is 0.243 e. The van der Waals surface area contributed by atoms with E-state index in [-0.39, 0.29) is 29.2 Å². The van der Waals surface area contributed by atoms with E-state index in [2.05, 4.69) is 10.0 Å². The molecular formula is C25H25N3O7S2. The van der Waals surface area contributed by atoms with Gasteiger partial charge in [-0.25, -0.2) is 21.6 Å². The number of hydrogen-bond acceptors (Lipinski definition) is 7. The number of nitrogens with one attached hydrogen (secondary N) is 2. The first-order valence-corrected chi connectivity index (χ1v) is 14.5. The van der Waals surface area contributed by atoms with Gasteiger partial charge in [0.15, 0.2) is 11.5 Å². The minimum absolute atomic E-state index is 0.0255. The van der Waals surface area contributed by atoms with Gasteiger partial charge in [-0.1, -0.05) is 24.3 Å². The van der Waals surface area contributed by atoms with Crippen molar-refractivity contribution in [3.05, 3.63) is 78.4 Å². The zero-order valence-electron chi connectivity index (χ0n) is 19.7. The molecular weight excluding hydrogens is 518 g/mol. The van der Waals surface area contributed by atoms with Crippen LogP contribution in [0.25, 0.3) is 0 Å². The van der Waals surface area contributed by atoms with Crippen molar-refractivity contribution in [2.75, 3.05) is 18.7 Å². The Kier molecular flexibility index (Phi) is 6.90. The molecule has 1 heterocycles. The molecule has 5 rings (SSSR count). The fourth-order valence-corrected chi connectivity index (χ4v) is 6.47. The van der Waals surface area contributed by atoms with Crippen LogP contribution >= 0.6 is 0 Å². The van der Waals surface area contributed by atoms with E-state index in [1.54, 1.807) is 48.5 Å². The van der Waals surface area contributed by atoms with Crippen LogP contribution in [-0.2, 0) is 31.4 Å². The molecule has 10 nitrogen and oxygen atoms in total. The second-order valence-electron chi connectivity index (χ2n) is 8.74. The van der Waals surface area contributed by atoms with Gasteiger partial charge in [0.05, 0.1) is 16.3 Å². The summed E-state index contributed by atoms with van der Waals surface area (Å²) in [5.41, 5.74) is 1.12. The van der Waals surface area contributed by atoms with Crippen molar-refractivity contribution >= 4 is 31.6 Å². The molecule has 0 saturated heterocycles. The van der Waals surface area contributed by atoms with Crippen LogP contribution in [-0.4, -0.2) is 46.4 Å². The van der Waals surface area contributed by atoms with E-state index < -0.39 is 32.5 Å². The first kappa shape index (κ1) is 25.2. The number of para-hydroxylation sites is 1. The summed E-state index contributed by atoms with van der Waals surface area (Å²) >= 11 is 0. The zero-order valence-corrected chi connectivity index (χ0v) is 21.3. The summed E-state index contributed by atoms with van der Waals surface area (Å²) < 4.78 is 66.6. The lowest BCUT2D eigenvalue weighted by molar-refractivity contribution is -0.116. The molecule has 1 aliphatic carbocycles. The lowest BCUT2D eigenvalue weighted by atomic mass is 10.2. The summed E-state index contributed by atoms with van der Waals surface area (Å²) in [6, 6.07) is 18.6. The molecule has 3 aromatic carbocycles. The number of ether oxygens (including phenoxy) is 2. The molecule has 1 fully saturated rings. The Labute approximate surface area is 215 Å². The normalized spacial score (nSPS) is 15.1. The Morgan fingerprint density at radius 3 is 2.24 bits per heavy atom. The van der Waals surface area contributed by atoms with E-state index in [1.165, 1.54) is 24.3 Å². The minimum atomic E-state index is -4.19. The second kappa shape index (κ2) is 10.1. The molecule has 3 aromatic rings. The topological polar surface area (TPSA) is 131 Å². The lowest BCUT2D eigenvalue weighted by Crippen LogP contribution is -2.37. The van der Waals surface area contributed by atoms with Crippen LogP contribution in [0.4, 0.5) is 5.69 Å². The average molecular weight is 544 g/mol. The van der Waals surface area contributed by atoms with Crippen LogP contribution in [0.1, 0.15) is 18.4 Å². The third-order valence-corrected chi connectivity index (χ3v) is 9.19. The van der Waals surface area contributed by atoms with Crippen molar-refractivity contribution in [3.63, 3.8) is 0 Å². The van der Waals surface area contributed by atoms with Crippen LogP contribution in [0.2, 0.25) is 0 Å². The third-order valence-electron chi connectivity index (χ3n) is 5.84.